The number of aromatic nitrogens is 2. The SMILES string of the molecule is COc1cc(OC)c(-c2[nH]cnc2C#N)c(OC)c1. The molecule has 98 valence electrons. The van der Waals surface area contributed by atoms with Gasteiger partial charge in [0.15, 0.2) is 5.69 Å². The number of ether oxygens (including phenoxy) is 3. The van der Waals surface area contributed by atoms with Crippen molar-refractivity contribution < 1.29 is 14.2 Å². The number of benzene rings is 1. The Morgan fingerprint density at radius 2 is 1.74 bits per heavy atom. The van der Waals surface area contributed by atoms with Crippen molar-refractivity contribution in [2.45, 2.75) is 0 Å². The maximum atomic E-state index is 9.06. The second kappa shape index (κ2) is 5.31. The summed E-state index contributed by atoms with van der Waals surface area (Å²) in [4.78, 5) is 6.87. The van der Waals surface area contributed by atoms with Crippen LogP contribution in [0.3, 0.4) is 0 Å². The molecule has 0 fully saturated rings. The van der Waals surface area contributed by atoms with Crippen molar-refractivity contribution in [3.63, 3.8) is 0 Å². The van der Waals surface area contributed by atoms with E-state index < -0.39 is 0 Å². The van der Waals surface area contributed by atoms with Crippen molar-refractivity contribution in [2.24, 2.45) is 0 Å². The van der Waals surface area contributed by atoms with Gasteiger partial charge in [0.25, 0.3) is 0 Å². The fourth-order valence-electron chi connectivity index (χ4n) is 1.82. The fourth-order valence-corrected chi connectivity index (χ4v) is 1.82. The molecular formula is C13H13N3O3. The molecular weight excluding hydrogens is 246 g/mol. The molecule has 6 heteroatoms. The van der Waals surface area contributed by atoms with Gasteiger partial charge in [0, 0.05) is 12.1 Å². The molecule has 0 aliphatic rings. The van der Waals surface area contributed by atoms with Gasteiger partial charge >= 0.3 is 0 Å². The molecule has 1 aromatic carbocycles. The predicted molar refractivity (Wildman–Crippen MR) is 68.4 cm³/mol. The van der Waals surface area contributed by atoms with Crippen LogP contribution in [0, 0.1) is 11.3 Å². The second-order valence-electron chi connectivity index (χ2n) is 3.64. The third-order valence-electron chi connectivity index (χ3n) is 2.71. The normalized spacial score (nSPS) is 9.79. The number of H-pyrrole nitrogens is 1. The average Bonchev–Trinajstić information content (AvgIpc) is 2.93. The van der Waals surface area contributed by atoms with Crippen LogP contribution in [0.5, 0.6) is 17.2 Å². The number of imidazole rings is 1. The minimum Gasteiger partial charge on any atom is -0.496 e. The lowest BCUT2D eigenvalue weighted by molar-refractivity contribution is 0.377. The van der Waals surface area contributed by atoms with E-state index in [9.17, 15) is 0 Å². The Morgan fingerprint density at radius 3 is 2.21 bits per heavy atom. The molecule has 1 aromatic heterocycles. The lowest BCUT2D eigenvalue weighted by atomic mass is 10.1. The molecule has 0 saturated carbocycles. The summed E-state index contributed by atoms with van der Waals surface area (Å²) >= 11 is 0. The summed E-state index contributed by atoms with van der Waals surface area (Å²) in [5, 5.41) is 9.06. The second-order valence-corrected chi connectivity index (χ2v) is 3.64. The molecule has 0 amide bonds. The first-order valence-electron chi connectivity index (χ1n) is 5.49. The zero-order chi connectivity index (χ0) is 13.8. The highest BCUT2D eigenvalue weighted by atomic mass is 16.5. The Morgan fingerprint density at radius 1 is 1.11 bits per heavy atom. The number of nitrogens with zero attached hydrogens (tertiary/aromatic N) is 2. The van der Waals surface area contributed by atoms with E-state index in [1.54, 1.807) is 33.5 Å². The third-order valence-corrected chi connectivity index (χ3v) is 2.71. The third kappa shape index (κ3) is 2.18. The Kier molecular flexibility index (Phi) is 3.57. The molecule has 0 aliphatic heterocycles. The Hall–Kier alpha value is -2.68. The first-order chi connectivity index (χ1) is 9.24. The van der Waals surface area contributed by atoms with E-state index in [0.29, 0.717) is 28.5 Å². The lowest BCUT2D eigenvalue weighted by Crippen LogP contribution is -1.96. The molecule has 2 aromatic rings. The van der Waals surface area contributed by atoms with Crippen molar-refractivity contribution in [2.75, 3.05) is 21.3 Å². The van der Waals surface area contributed by atoms with Crippen LogP contribution in [0.15, 0.2) is 18.5 Å². The van der Waals surface area contributed by atoms with Crippen LogP contribution >= 0.6 is 0 Å². The first kappa shape index (κ1) is 12.8. The zero-order valence-electron chi connectivity index (χ0n) is 10.9. The molecule has 0 saturated heterocycles. The largest absolute Gasteiger partial charge is 0.496 e. The summed E-state index contributed by atoms with van der Waals surface area (Å²) in [6, 6.07) is 5.46. The molecule has 0 bridgehead atoms. The van der Waals surface area contributed by atoms with E-state index in [1.165, 1.54) is 6.33 Å². The zero-order valence-corrected chi connectivity index (χ0v) is 10.9. The molecule has 19 heavy (non-hydrogen) atoms. The Labute approximate surface area is 110 Å². The van der Waals surface area contributed by atoms with E-state index in [-0.39, 0.29) is 5.69 Å². The van der Waals surface area contributed by atoms with Crippen LogP contribution in [-0.4, -0.2) is 31.3 Å². The molecule has 0 atom stereocenters. The van der Waals surface area contributed by atoms with E-state index in [1.807, 2.05) is 6.07 Å². The monoisotopic (exact) mass is 259 g/mol. The minimum absolute atomic E-state index is 0.279. The van der Waals surface area contributed by atoms with Crippen molar-refractivity contribution in [3.05, 3.63) is 24.2 Å². The molecule has 6 nitrogen and oxygen atoms in total. The predicted octanol–water partition coefficient (Wildman–Crippen LogP) is 1.97. The van der Waals surface area contributed by atoms with Crippen molar-refractivity contribution in [3.8, 4) is 34.6 Å². The summed E-state index contributed by atoms with van der Waals surface area (Å²) in [6.45, 7) is 0. The highest BCUT2D eigenvalue weighted by Crippen LogP contribution is 2.41. The maximum Gasteiger partial charge on any atom is 0.166 e. The van der Waals surface area contributed by atoms with Crippen LogP contribution in [0.2, 0.25) is 0 Å². The molecule has 0 aliphatic carbocycles. The average molecular weight is 259 g/mol. The number of rotatable bonds is 4. The van der Waals surface area contributed by atoms with Gasteiger partial charge in [0.2, 0.25) is 0 Å². The fraction of sp³-hybridized carbons (Fsp3) is 0.231. The molecule has 0 spiro atoms. The quantitative estimate of drug-likeness (QED) is 0.908. The van der Waals surface area contributed by atoms with Gasteiger partial charge in [-0.05, 0) is 0 Å². The van der Waals surface area contributed by atoms with E-state index >= 15 is 0 Å². The molecule has 2 rings (SSSR count). The minimum atomic E-state index is 0.279. The number of hydrogen-bond acceptors (Lipinski definition) is 5. The van der Waals surface area contributed by atoms with Crippen LogP contribution in [0.25, 0.3) is 11.3 Å². The topological polar surface area (TPSA) is 80.2 Å². The standard InChI is InChI=1S/C13H13N3O3/c1-17-8-4-10(18-2)12(11(5-8)19-3)13-9(6-14)15-7-16-13/h4-5,7H,1-3H3,(H,15,16). The highest BCUT2D eigenvalue weighted by molar-refractivity contribution is 5.78. The number of methoxy groups -OCH3 is 3. The van der Waals surface area contributed by atoms with Crippen LogP contribution < -0.4 is 14.2 Å². The van der Waals surface area contributed by atoms with E-state index in [2.05, 4.69) is 9.97 Å². The van der Waals surface area contributed by atoms with Gasteiger partial charge in [-0.3, -0.25) is 0 Å². The summed E-state index contributed by atoms with van der Waals surface area (Å²) in [6.07, 6.45) is 1.46. The molecule has 0 unspecified atom stereocenters. The Bertz CT molecular complexity index is 603. The molecule has 0 radical (unpaired) electrons. The Balaban J connectivity index is 2.71. The van der Waals surface area contributed by atoms with Gasteiger partial charge in [-0.2, -0.15) is 5.26 Å². The van der Waals surface area contributed by atoms with E-state index in [4.69, 9.17) is 19.5 Å². The lowest BCUT2D eigenvalue weighted by Gasteiger charge is -2.14. The summed E-state index contributed by atoms with van der Waals surface area (Å²) < 4.78 is 15.9. The van der Waals surface area contributed by atoms with Crippen molar-refractivity contribution in [1.29, 1.82) is 5.26 Å². The van der Waals surface area contributed by atoms with Gasteiger partial charge in [0.05, 0.1) is 38.9 Å². The first-order valence-corrected chi connectivity index (χ1v) is 5.49. The smallest absolute Gasteiger partial charge is 0.166 e. The number of aromatic amines is 1. The van der Waals surface area contributed by atoms with Gasteiger partial charge < -0.3 is 19.2 Å². The summed E-state index contributed by atoms with van der Waals surface area (Å²) in [5.41, 5.74) is 1.47. The van der Waals surface area contributed by atoms with Gasteiger partial charge in [-0.15, -0.1) is 0 Å². The van der Waals surface area contributed by atoms with Gasteiger partial charge in [-0.1, -0.05) is 0 Å². The number of nitrogens with one attached hydrogen (secondary N) is 1. The van der Waals surface area contributed by atoms with Crippen LogP contribution in [-0.2, 0) is 0 Å². The maximum absolute atomic E-state index is 9.06. The van der Waals surface area contributed by atoms with E-state index in [0.717, 1.165) is 0 Å². The van der Waals surface area contributed by atoms with Gasteiger partial charge in [-0.25, -0.2) is 4.98 Å². The number of nitriles is 1. The van der Waals surface area contributed by atoms with Crippen LogP contribution in [0.4, 0.5) is 0 Å². The summed E-state index contributed by atoms with van der Waals surface area (Å²) in [7, 11) is 4.64. The van der Waals surface area contributed by atoms with Crippen molar-refractivity contribution >= 4 is 0 Å². The van der Waals surface area contributed by atoms with Crippen molar-refractivity contribution in [1.82, 2.24) is 9.97 Å². The van der Waals surface area contributed by atoms with Gasteiger partial charge in [0.1, 0.15) is 23.3 Å². The van der Waals surface area contributed by atoms with Crippen LogP contribution in [0.1, 0.15) is 5.69 Å². The highest BCUT2D eigenvalue weighted by Gasteiger charge is 2.19. The molecule has 1 N–H and O–H groups in total. The molecule has 1 heterocycles. The summed E-state index contributed by atoms with van der Waals surface area (Å²) in [5.74, 6) is 1.68. The number of hydrogen-bond donors (Lipinski definition) is 1.